The van der Waals surface area contributed by atoms with E-state index in [1.54, 1.807) is 29.2 Å². The molecule has 5 rings (SSSR count). The van der Waals surface area contributed by atoms with Crippen LogP contribution in [0.15, 0.2) is 48.5 Å². The van der Waals surface area contributed by atoms with Crippen molar-refractivity contribution in [2.75, 3.05) is 31.1 Å². The van der Waals surface area contributed by atoms with Gasteiger partial charge >= 0.3 is 12.1 Å². The number of carbonyl (C=O) groups excluding carboxylic acids is 2. The van der Waals surface area contributed by atoms with Crippen molar-refractivity contribution < 1.29 is 32.7 Å². The zero-order valence-corrected chi connectivity index (χ0v) is 22.8. The molecule has 2 amide bonds. The summed E-state index contributed by atoms with van der Waals surface area (Å²) in [7, 11) is 0. The minimum Gasteiger partial charge on any atom is -0.475 e. The van der Waals surface area contributed by atoms with Crippen molar-refractivity contribution in [3.63, 3.8) is 0 Å². The molecule has 1 N–H and O–H groups in total. The van der Waals surface area contributed by atoms with Gasteiger partial charge in [0.1, 0.15) is 6.54 Å². The molecule has 1 saturated heterocycles. The first kappa shape index (κ1) is 29.9. The maximum absolute atomic E-state index is 13.4. The highest BCUT2D eigenvalue weighted by molar-refractivity contribution is 6.30. The lowest BCUT2D eigenvalue weighted by Gasteiger charge is -2.37. The molecule has 0 radical (unpaired) electrons. The molecule has 0 unspecified atom stereocenters. The Hall–Kier alpha value is -3.11. The number of carboxylic acids is 1. The standard InChI is InChI=1S/C27H32ClN3O2.C2HF3O2/c28-23-11-9-21(10-12-23)27(33)30-18-22-5-1-4-8-25(22)31(26(32)19-30)17-20-13-15-29(16-14-20)24-6-2-3-7-24;3-2(4,5)1(6)7/h1,4-5,8-12,20,24H,2-3,6-7,13-19H2;(H,6,7). The van der Waals surface area contributed by atoms with Gasteiger partial charge in [-0.15, -0.1) is 0 Å². The van der Waals surface area contributed by atoms with Crippen LogP contribution in [0.5, 0.6) is 0 Å². The molecular weight excluding hydrogens is 547 g/mol. The highest BCUT2D eigenvalue weighted by Crippen LogP contribution is 2.31. The number of alkyl halides is 3. The maximum Gasteiger partial charge on any atom is 0.490 e. The van der Waals surface area contributed by atoms with Crippen molar-refractivity contribution in [3.05, 3.63) is 64.7 Å². The first-order valence-corrected chi connectivity index (χ1v) is 13.9. The van der Waals surface area contributed by atoms with E-state index in [0.29, 0.717) is 23.0 Å². The van der Waals surface area contributed by atoms with Gasteiger partial charge in [0.15, 0.2) is 0 Å². The number of hydrogen-bond acceptors (Lipinski definition) is 4. The van der Waals surface area contributed by atoms with Crippen LogP contribution in [0.25, 0.3) is 0 Å². The number of carboxylic acid groups (broad SMARTS) is 1. The van der Waals surface area contributed by atoms with E-state index in [0.717, 1.165) is 49.8 Å². The summed E-state index contributed by atoms with van der Waals surface area (Å²) in [5, 5.41) is 7.72. The van der Waals surface area contributed by atoms with Gasteiger partial charge in [-0.2, -0.15) is 13.2 Å². The zero-order chi connectivity index (χ0) is 28.9. The smallest absolute Gasteiger partial charge is 0.475 e. The summed E-state index contributed by atoms with van der Waals surface area (Å²) in [4.78, 5) is 41.8. The number of carbonyl (C=O) groups is 3. The lowest BCUT2D eigenvalue weighted by Crippen LogP contribution is -2.45. The SMILES string of the molecule is O=C(O)C(F)(F)F.O=C(c1ccc(Cl)cc1)N1CC(=O)N(CC2CCN(C3CCCC3)CC2)c2ccccc2C1. The molecule has 216 valence electrons. The fraction of sp³-hybridized carbons (Fsp3) is 0.483. The number of amides is 2. The first-order valence-electron chi connectivity index (χ1n) is 13.5. The number of aliphatic carboxylic acids is 1. The highest BCUT2D eigenvalue weighted by atomic mass is 35.5. The summed E-state index contributed by atoms with van der Waals surface area (Å²) in [5.74, 6) is -2.40. The molecule has 2 aromatic rings. The Morgan fingerprint density at radius 1 is 0.925 bits per heavy atom. The fourth-order valence-electron chi connectivity index (χ4n) is 5.70. The Kier molecular flexibility index (Phi) is 9.73. The molecule has 1 aliphatic carbocycles. The number of fused-ring (bicyclic) bond motifs is 1. The van der Waals surface area contributed by atoms with Crippen molar-refractivity contribution in [3.8, 4) is 0 Å². The molecule has 7 nitrogen and oxygen atoms in total. The second-order valence-corrected chi connectivity index (χ2v) is 11.0. The van der Waals surface area contributed by atoms with E-state index in [9.17, 15) is 22.8 Å². The molecule has 40 heavy (non-hydrogen) atoms. The number of anilines is 1. The van der Waals surface area contributed by atoms with Crippen LogP contribution in [0, 0.1) is 5.92 Å². The van der Waals surface area contributed by atoms with Gasteiger partial charge in [-0.05, 0) is 80.6 Å². The Balaban J connectivity index is 0.000000470. The van der Waals surface area contributed by atoms with Gasteiger partial charge < -0.3 is 19.8 Å². The van der Waals surface area contributed by atoms with Gasteiger partial charge in [-0.25, -0.2) is 4.79 Å². The number of hydrogen-bond donors (Lipinski definition) is 1. The third kappa shape index (κ3) is 7.54. The van der Waals surface area contributed by atoms with Crippen LogP contribution in [0.4, 0.5) is 18.9 Å². The van der Waals surface area contributed by atoms with Crippen LogP contribution in [-0.2, 0) is 16.1 Å². The first-order chi connectivity index (χ1) is 19.0. The van der Waals surface area contributed by atoms with E-state index in [1.165, 1.54) is 25.7 Å². The predicted molar refractivity (Wildman–Crippen MR) is 145 cm³/mol. The van der Waals surface area contributed by atoms with Crippen LogP contribution in [0.3, 0.4) is 0 Å². The summed E-state index contributed by atoms with van der Waals surface area (Å²) >= 11 is 5.99. The Bertz CT molecular complexity index is 1190. The van der Waals surface area contributed by atoms with Crippen LogP contribution >= 0.6 is 11.6 Å². The molecule has 0 atom stereocenters. The Labute approximate surface area is 236 Å². The van der Waals surface area contributed by atoms with E-state index in [2.05, 4.69) is 4.90 Å². The van der Waals surface area contributed by atoms with Gasteiger partial charge in [0.25, 0.3) is 5.91 Å². The van der Waals surface area contributed by atoms with Crippen molar-refractivity contribution >= 4 is 35.1 Å². The van der Waals surface area contributed by atoms with Crippen LogP contribution in [-0.4, -0.2) is 71.1 Å². The summed E-state index contributed by atoms with van der Waals surface area (Å²) in [6.07, 6.45) is 2.62. The molecule has 0 aromatic heterocycles. The summed E-state index contributed by atoms with van der Waals surface area (Å²) < 4.78 is 31.7. The number of halogens is 4. The number of para-hydroxylation sites is 1. The molecule has 2 aliphatic heterocycles. The van der Waals surface area contributed by atoms with E-state index in [-0.39, 0.29) is 18.4 Å². The average molecular weight is 580 g/mol. The topological polar surface area (TPSA) is 81.2 Å². The van der Waals surface area contributed by atoms with Crippen molar-refractivity contribution in [2.45, 2.75) is 57.3 Å². The van der Waals surface area contributed by atoms with Crippen molar-refractivity contribution in [2.24, 2.45) is 5.92 Å². The van der Waals surface area contributed by atoms with Crippen molar-refractivity contribution in [1.82, 2.24) is 9.80 Å². The lowest BCUT2D eigenvalue weighted by atomic mass is 9.94. The number of rotatable bonds is 4. The van der Waals surface area contributed by atoms with E-state index >= 15 is 0 Å². The highest BCUT2D eigenvalue weighted by Gasteiger charge is 2.38. The normalized spacial score (nSPS) is 19.1. The van der Waals surface area contributed by atoms with E-state index in [4.69, 9.17) is 21.5 Å². The minimum atomic E-state index is -5.08. The third-order valence-electron chi connectivity index (χ3n) is 7.82. The van der Waals surface area contributed by atoms with Gasteiger partial charge in [-0.1, -0.05) is 42.6 Å². The number of benzene rings is 2. The Morgan fingerprint density at radius 3 is 2.12 bits per heavy atom. The van der Waals surface area contributed by atoms with Gasteiger partial charge in [0, 0.05) is 35.4 Å². The summed E-state index contributed by atoms with van der Waals surface area (Å²) in [5.41, 5.74) is 2.53. The molecule has 11 heteroatoms. The van der Waals surface area contributed by atoms with Gasteiger partial charge in [-0.3, -0.25) is 9.59 Å². The predicted octanol–water partition coefficient (Wildman–Crippen LogP) is 5.62. The molecule has 2 heterocycles. The Morgan fingerprint density at radius 2 is 1.52 bits per heavy atom. The molecule has 3 aliphatic rings. The molecule has 0 bridgehead atoms. The van der Waals surface area contributed by atoms with Crippen molar-refractivity contribution in [1.29, 1.82) is 0 Å². The maximum atomic E-state index is 13.4. The average Bonchev–Trinajstić information content (AvgIpc) is 3.43. The second kappa shape index (κ2) is 13.0. The van der Waals surface area contributed by atoms with Crippen LogP contribution in [0.2, 0.25) is 5.02 Å². The number of nitrogens with zero attached hydrogens (tertiary/aromatic N) is 3. The third-order valence-corrected chi connectivity index (χ3v) is 8.07. The van der Waals surface area contributed by atoms with Crippen LogP contribution in [0.1, 0.15) is 54.4 Å². The second-order valence-electron chi connectivity index (χ2n) is 10.5. The largest absolute Gasteiger partial charge is 0.490 e. The zero-order valence-electron chi connectivity index (χ0n) is 22.1. The summed E-state index contributed by atoms with van der Waals surface area (Å²) in [6.45, 7) is 3.54. The van der Waals surface area contributed by atoms with E-state index in [1.807, 2.05) is 29.2 Å². The quantitative estimate of drug-likeness (QED) is 0.509. The number of piperidine rings is 1. The van der Waals surface area contributed by atoms with E-state index < -0.39 is 12.1 Å². The monoisotopic (exact) mass is 579 g/mol. The molecule has 1 saturated carbocycles. The fourth-order valence-corrected chi connectivity index (χ4v) is 5.83. The lowest BCUT2D eigenvalue weighted by molar-refractivity contribution is -0.192. The van der Waals surface area contributed by atoms with Crippen LogP contribution < -0.4 is 4.90 Å². The molecule has 0 spiro atoms. The summed E-state index contributed by atoms with van der Waals surface area (Å²) in [6, 6.07) is 15.7. The van der Waals surface area contributed by atoms with Gasteiger partial charge in [0.05, 0.1) is 0 Å². The van der Waals surface area contributed by atoms with Gasteiger partial charge in [0.2, 0.25) is 5.91 Å². The molecule has 2 aromatic carbocycles. The molecular formula is C29H33ClF3N3O4. The molecule has 2 fully saturated rings. The minimum absolute atomic E-state index is 0.000450. The number of likely N-dealkylation sites (tertiary alicyclic amines) is 1.